The van der Waals surface area contributed by atoms with Gasteiger partial charge in [0, 0.05) is 24.2 Å². The molecule has 3 rings (SSSR count). The average molecular weight is 403 g/mol. The highest BCUT2D eigenvalue weighted by atomic mass is 19.4. The minimum absolute atomic E-state index is 0.189. The Morgan fingerprint density at radius 2 is 0.964 bits per heavy atom. The Hall–Kier alpha value is -2.06. The van der Waals surface area contributed by atoms with E-state index in [9.17, 15) is 31.4 Å². The van der Waals surface area contributed by atoms with E-state index in [1.807, 2.05) is 0 Å². The second-order valence-electron chi connectivity index (χ2n) is 6.81. The predicted molar refractivity (Wildman–Crippen MR) is 91.3 cm³/mol. The Bertz CT molecular complexity index is 766. The number of rotatable bonds is 3. The molecule has 28 heavy (non-hydrogen) atoms. The summed E-state index contributed by atoms with van der Waals surface area (Å²) >= 11 is 0. The topological polar surface area (TPSA) is 23.5 Å². The first-order valence-corrected chi connectivity index (χ1v) is 8.87. The smallest absolute Gasteiger partial charge is 0.367 e. The fraction of sp³-hybridized carbons (Fsp3) is 0.400. The van der Waals surface area contributed by atoms with Crippen LogP contribution in [0.4, 0.5) is 26.3 Å². The molecule has 0 aliphatic carbocycles. The maximum absolute atomic E-state index is 13.6. The number of hydrogen-bond donors (Lipinski definition) is 1. The maximum Gasteiger partial charge on any atom is 0.416 e. The lowest BCUT2D eigenvalue weighted by Crippen LogP contribution is -2.51. The molecule has 1 aliphatic heterocycles. The van der Waals surface area contributed by atoms with E-state index >= 15 is 0 Å². The molecule has 2 nitrogen and oxygen atoms in total. The quantitative estimate of drug-likeness (QED) is 0.694. The van der Waals surface area contributed by atoms with Gasteiger partial charge in [-0.05, 0) is 25.0 Å². The zero-order chi connectivity index (χ0) is 20.6. The van der Waals surface area contributed by atoms with Crippen LogP contribution in [0.3, 0.4) is 0 Å². The minimum atomic E-state index is -4.83. The molecular weight excluding hydrogens is 384 g/mol. The largest absolute Gasteiger partial charge is 0.416 e. The van der Waals surface area contributed by atoms with Gasteiger partial charge in [0.15, 0.2) is 5.72 Å². The van der Waals surface area contributed by atoms with E-state index in [4.69, 9.17) is 0 Å². The van der Waals surface area contributed by atoms with Gasteiger partial charge in [0.05, 0.1) is 11.1 Å². The van der Waals surface area contributed by atoms with Crippen LogP contribution in [0.1, 0.15) is 41.5 Å². The number of likely N-dealkylation sites (tertiary alicyclic amines) is 1. The summed E-state index contributed by atoms with van der Waals surface area (Å²) in [7, 11) is 0. The Labute approximate surface area is 158 Å². The van der Waals surface area contributed by atoms with Gasteiger partial charge in [0.1, 0.15) is 0 Å². The van der Waals surface area contributed by atoms with Gasteiger partial charge in [-0.25, -0.2) is 0 Å². The van der Waals surface area contributed by atoms with Crippen molar-refractivity contribution in [2.45, 2.75) is 37.3 Å². The van der Waals surface area contributed by atoms with Crippen molar-refractivity contribution < 1.29 is 31.4 Å². The molecular formula is C20H19F6NO. The van der Waals surface area contributed by atoms with Gasteiger partial charge in [-0.15, -0.1) is 0 Å². The minimum Gasteiger partial charge on any atom is -0.367 e. The number of hydrogen-bond acceptors (Lipinski definition) is 2. The summed E-state index contributed by atoms with van der Waals surface area (Å²) in [6.07, 6.45) is -7.70. The number of piperidine rings is 1. The van der Waals surface area contributed by atoms with Gasteiger partial charge in [-0.1, -0.05) is 42.8 Å². The van der Waals surface area contributed by atoms with Crippen molar-refractivity contribution >= 4 is 0 Å². The van der Waals surface area contributed by atoms with Crippen molar-refractivity contribution in [3.05, 3.63) is 70.8 Å². The third-order valence-electron chi connectivity index (χ3n) is 5.03. The average Bonchev–Trinajstić information content (AvgIpc) is 2.67. The zero-order valence-electron chi connectivity index (χ0n) is 14.8. The molecule has 0 unspecified atom stereocenters. The third-order valence-corrected chi connectivity index (χ3v) is 5.03. The number of alkyl halides is 6. The molecule has 1 aliphatic rings. The lowest BCUT2D eigenvalue weighted by atomic mass is 9.85. The van der Waals surface area contributed by atoms with Crippen LogP contribution in [0.25, 0.3) is 0 Å². The maximum atomic E-state index is 13.6. The third kappa shape index (κ3) is 3.75. The Morgan fingerprint density at radius 1 is 0.607 bits per heavy atom. The van der Waals surface area contributed by atoms with Crippen LogP contribution < -0.4 is 0 Å². The van der Waals surface area contributed by atoms with Crippen LogP contribution in [0.15, 0.2) is 48.5 Å². The standard InChI is InChI=1S/C20H19F6NO/c21-19(22,23)16-10-4-2-8-14(16)18(28,27-12-6-1-7-13-27)15-9-3-5-11-17(15)20(24,25)26/h2-5,8-11,28H,1,6-7,12-13H2. The highest BCUT2D eigenvalue weighted by Gasteiger charge is 2.49. The number of aliphatic hydroxyl groups is 1. The molecule has 0 amide bonds. The molecule has 0 radical (unpaired) electrons. The molecule has 2 aromatic carbocycles. The molecule has 0 spiro atoms. The second kappa shape index (κ2) is 7.40. The summed E-state index contributed by atoms with van der Waals surface area (Å²) in [4.78, 5) is 1.31. The van der Waals surface area contributed by atoms with Crippen molar-refractivity contribution in [2.24, 2.45) is 0 Å². The lowest BCUT2D eigenvalue weighted by Gasteiger charge is -2.44. The molecule has 1 heterocycles. The molecule has 1 saturated heterocycles. The second-order valence-corrected chi connectivity index (χ2v) is 6.81. The number of benzene rings is 2. The first-order chi connectivity index (χ1) is 13.1. The van der Waals surface area contributed by atoms with Crippen molar-refractivity contribution in [3.63, 3.8) is 0 Å². The lowest BCUT2D eigenvalue weighted by molar-refractivity contribution is -0.152. The fourth-order valence-electron chi connectivity index (χ4n) is 3.77. The van der Waals surface area contributed by atoms with Crippen molar-refractivity contribution in [3.8, 4) is 0 Å². The molecule has 2 aromatic rings. The molecule has 152 valence electrons. The summed E-state index contributed by atoms with van der Waals surface area (Å²) in [5.74, 6) is 0. The Kier molecular flexibility index (Phi) is 5.46. The van der Waals surface area contributed by atoms with Crippen LogP contribution in [-0.2, 0) is 18.1 Å². The van der Waals surface area contributed by atoms with Gasteiger partial charge >= 0.3 is 12.4 Å². The van der Waals surface area contributed by atoms with Crippen LogP contribution in [0, 0.1) is 0 Å². The molecule has 1 N–H and O–H groups in total. The Morgan fingerprint density at radius 3 is 1.32 bits per heavy atom. The summed E-state index contributed by atoms with van der Waals surface area (Å²) in [6, 6.07) is 8.53. The molecule has 0 aromatic heterocycles. The van der Waals surface area contributed by atoms with Crippen molar-refractivity contribution in [1.82, 2.24) is 4.90 Å². The predicted octanol–water partition coefficient (Wildman–Crippen LogP) is 5.40. The van der Waals surface area contributed by atoms with Crippen LogP contribution in [0.5, 0.6) is 0 Å². The number of halogens is 6. The van der Waals surface area contributed by atoms with E-state index in [0.717, 1.165) is 42.8 Å². The van der Waals surface area contributed by atoms with E-state index in [2.05, 4.69) is 0 Å². The van der Waals surface area contributed by atoms with E-state index in [1.165, 1.54) is 17.0 Å². The van der Waals surface area contributed by atoms with Gasteiger partial charge in [-0.2, -0.15) is 26.3 Å². The van der Waals surface area contributed by atoms with Gasteiger partial charge < -0.3 is 5.11 Å². The molecule has 1 fully saturated rings. The number of nitrogens with zero attached hydrogens (tertiary/aromatic N) is 1. The summed E-state index contributed by atoms with van der Waals surface area (Å²) in [6.45, 7) is 0.379. The fourth-order valence-corrected chi connectivity index (χ4v) is 3.77. The SMILES string of the molecule is OC(c1ccccc1C(F)(F)F)(c1ccccc1C(F)(F)F)N1CCCCC1. The first-order valence-electron chi connectivity index (χ1n) is 8.87. The van der Waals surface area contributed by atoms with Crippen molar-refractivity contribution in [1.29, 1.82) is 0 Å². The van der Waals surface area contributed by atoms with E-state index in [0.29, 0.717) is 12.8 Å². The summed E-state index contributed by atoms with van der Waals surface area (Å²) in [5, 5.41) is 11.6. The highest BCUT2D eigenvalue weighted by molar-refractivity contribution is 5.46. The molecule has 0 atom stereocenters. The van der Waals surface area contributed by atoms with E-state index in [-0.39, 0.29) is 13.1 Å². The Balaban J connectivity index is 2.31. The zero-order valence-corrected chi connectivity index (χ0v) is 14.8. The van der Waals surface area contributed by atoms with Crippen LogP contribution in [-0.4, -0.2) is 23.1 Å². The van der Waals surface area contributed by atoms with E-state index < -0.39 is 40.3 Å². The van der Waals surface area contributed by atoms with Gasteiger partial charge in [0.2, 0.25) is 0 Å². The van der Waals surface area contributed by atoms with Gasteiger partial charge in [0.25, 0.3) is 0 Å². The monoisotopic (exact) mass is 403 g/mol. The van der Waals surface area contributed by atoms with E-state index in [1.54, 1.807) is 0 Å². The normalized spacial score (nSPS) is 17.0. The van der Waals surface area contributed by atoms with Crippen LogP contribution >= 0.6 is 0 Å². The summed E-state index contributed by atoms with van der Waals surface area (Å²) in [5.41, 5.74) is -6.05. The van der Waals surface area contributed by atoms with Crippen LogP contribution in [0.2, 0.25) is 0 Å². The molecule has 0 bridgehead atoms. The highest BCUT2D eigenvalue weighted by Crippen LogP contribution is 2.46. The first kappa shape index (κ1) is 20.7. The molecule has 0 saturated carbocycles. The molecule has 8 heteroatoms. The van der Waals surface area contributed by atoms with Crippen molar-refractivity contribution in [2.75, 3.05) is 13.1 Å². The summed E-state index contributed by atoms with van der Waals surface area (Å²) < 4.78 is 81.9. The van der Waals surface area contributed by atoms with Gasteiger partial charge in [-0.3, -0.25) is 4.90 Å².